The van der Waals surface area contributed by atoms with E-state index in [1.807, 2.05) is 0 Å². The van der Waals surface area contributed by atoms with E-state index in [9.17, 15) is 10.1 Å². The van der Waals surface area contributed by atoms with Crippen LogP contribution in [0.5, 0.6) is 0 Å². The van der Waals surface area contributed by atoms with Crippen molar-refractivity contribution < 1.29 is 4.92 Å². The van der Waals surface area contributed by atoms with Gasteiger partial charge >= 0.3 is 5.70 Å². The maximum absolute atomic E-state index is 10.1. The highest BCUT2D eigenvalue weighted by atomic mass is 35.5. The SMILES string of the molecule is C/C=C(Cl)\C(=C/N)[N+](=O)[O-]. The van der Waals surface area contributed by atoms with E-state index in [2.05, 4.69) is 0 Å². The number of nitro groups is 1. The molecule has 0 spiro atoms. The first kappa shape index (κ1) is 8.97. The molecule has 0 bridgehead atoms. The second-order valence-corrected chi connectivity index (χ2v) is 1.85. The molecule has 0 radical (unpaired) electrons. The predicted octanol–water partition coefficient (Wildman–Crippen LogP) is 1.21. The number of hydrogen-bond donors (Lipinski definition) is 1. The van der Waals surface area contributed by atoms with E-state index in [4.69, 9.17) is 17.3 Å². The van der Waals surface area contributed by atoms with Crippen molar-refractivity contribution in [2.24, 2.45) is 5.73 Å². The van der Waals surface area contributed by atoms with Crippen LogP contribution in [-0.4, -0.2) is 4.92 Å². The Morgan fingerprint density at radius 1 is 1.80 bits per heavy atom. The largest absolute Gasteiger partial charge is 0.399 e. The van der Waals surface area contributed by atoms with E-state index < -0.39 is 4.92 Å². The van der Waals surface area contributed by atoms with Crippen LogP contribution >= 0.6 is 11.6 Å². The second-order valence-electron chi connectivity index (χ2n) is 1.45. The van der Waals surface area contributed by atoms with E-state index >= 15 is 0 Å². The third kappa shape index (κ3) is 2.06. The van der Waals surface area contributed by atoms with Crippen molar-refractivity contribution in [3.05, 3.63) is 33.1 Å². The van der Waals surface area contributed by atoms with Crippen molar-refractivity contribution in [3.8, 4) is 0 Å². The average molecular weight is 163 g/mol. The van der Waals surface area contributed by atoms with Gasteiger partial charge in [-0.15, -0.1) is 0 Å². The van der Waals surface area contributed by atoms with E-state index in [0.717, 1.165) is 6.20 Å². The van der Waals surface area contributed by atoms with E-state index in [1.54, 1.807) is 6.92 Å². The summed E-state index contributed by atoms with van der Waals surface area (Å²) >= 11 is 5.40. The smallest absolute Gasteiger partial charge is 0.302 e. The summed E-state index contributed by atoms with van der Waals surface area (Å²) in [6.45, 7) is 1.59. The Morgan fingerprint density at radius 2 is 2.30 bits per heavy atom. The zero-order valence-corrected chi connectivity index (χ0v) is 6.13. The van der Waals surface area contributed by atoms with Gasteiger partial charge in [0.1, 0.15) is 5.03 Å². The van der Waals surface area contributed by atoms with Crippen LogP contribution in [0.4, 0.5) is 0 Å². The molecule has 10 heavy (non-hydrogen) atoms. The molecule has 0 unspecified atom stereocenters. The first-order valence-corrected chi connectivity index (χ1v) is 2.89. The standard InChI is InChI=1S/C5H7ClN2O2/c1-2-4(6)5(3-7)8(9)10/h2-3H,7H2,1H3/b4-2+,5-3+. The predicted molar refractivity (Wildman–Crippen MR) is 38.9 cm³/mol. The molecule has 0 aromatic heterocycles. The van der Waals surface area contributed by atoms with Crippen LogP contribution in [-0.2, 0) is 0 Å². The van der Waals surface area contributed by atoms with Crippen molar-refractivity contribution in [2.45, 2.75) is 6.92 Å². The molecule has 4 nitrogen and oxygen atoms in total. The summed E-state index contributed by atoms with van der Waals surface area (Å²) in [4.78, 5) is 9.43. The van der Waals surface area contributed by atoms with Gasteiger partial charge in [0.15, 0.2) is 0 Å². The van der Waals surface area contributed by atoms with Crippen molar-refractivity contribution in [2.75, 3.05) is 0 Å². The summed E-state index contributed by atoms with van der Waals surface area (Å²) in [5, 5.41) is 10.1. The molecule has 0 aliphatic rings. The lowest BCUT2D eigenvalue weighted by Gasteiger charge is -1.91. The van der Waals surface area contributed by atoms with Crippen LogP contribution in [0.3, 0.4) is 0 Å². The van der Waals surface area contributed by atoms with Gasteiger partial charge in [0, 0.05) is 0 Å². The number of allylic oxidation sites excluding steroid dienone is 2. The van der Waals surface area contributed by atoms with Crippen LogP contribution in [0.1, 0.15) is 6.92 Å². The molecule has 0 rings (SSSR count). The summed E-state index contributed by atoms with van der Waals surface area (Å²) in [5.74, 6) is 0. The topological polar surface area (TPSA) is 69.2 Å². The summed E-state index contributed by atoms with van der Waals surface area (Å²) in [5.41, 5.74) is 4.65. The Morgan fingerprint density at radius 3 is 2.40 bits per heavy atom. The second kappa shape index (κ2) is 3.90. The van der Waals surface area contributed by atoms with E-state index in [1.165, 1.54) is 6.08 Å². The molecular weight excluding hydrogens is 156 g/mol. The Hall–Kier alpha value is -1.03. The van der Waals surface area contributed by atoms with E-state index in [-0.39, 0.29) is 10.7 Å². The molecule has 0 heterocycles. The van der Waals surface area contributed by atoms with Gasteiger partial charge in [-0.05, 0) is 6.92 Å². The zero-order valence-electron chi connectivity index (χ0n) is 5.37. The number of rotatable bonds is 2. The van der Waals surface area contributed by atoms with Gasteiger partial charge in [-0.25, -0.2) is 0 Å². The molecule has 0 fully saturated rings. The molecule has 2 N–H and O–H groups in total. The van der Waals surface area contributed by atoms with Crippen LogP contribution in [0, 0.1) is 10.1 Å². The molecule has 0 aliphatic carbocycles. The summed E-state index contributed by atoms with van der Waals surface area (Å²) in [7, 11) is 0. The van der Waals surface area contributed by atoms with Crippen LogP contribution < -0.4 is 5.73 Å². The molecule has 0 saturated heterocycles. The maximum Gasteiger partial charge on any atom is 0.302 e. The van der Waals surface area contributed by atoms with Gasteiger partial charge in [0.2, 0.25) is 0 Å². The Balaban J connectivity index is 4.56. The molecule has 56 valence electrons. The lowest BCUT2D eigenvalue weighted by Crippen LogP contribution is -2.01. The molecule has 0 aliphatic heterocycles. The zero-order chi connectivity index (χ0) is 8.15. The van der Waals surface area contributed by atoms with Gasteiger partial charge in [-0.1, -0.05) is 17.7 Å². The molecule has 0 atom stereocenters. The van der Waals surface area contributed by atoms with Crippen LogP contribution in [0.15, 0.2) is 23.0 Å². The minimum absolute atomic E-state index is 0.0486. The fourth-order valence-corrected chi connectivity index (χ4v) is 0.508. The summed E-state index contributed by atoms with van der Waals surface area (Å²) in [6, 6.07) is 0. The fraction of sp³-hybridized carbons (Fsp3) is 0.200. The molecule has 0 amide bonds. The fourth-order valence-electron chi connectivity index (χ4n) is 0.376. The number of nitrogens with zero attached hydrogens (tertiary/aromatic N) is 1. The van der Waals surface area contributed by atoms with Crippen LogP contribution in [0.2, 0.25) is 0 Å². The Labute approximate surface area is 63.1 Å². The molecule has 0 aromatic rings. The third-order valence-electron chi connectivity index (χ3n) is 0.853. The van der Waals surface area contributed by atoms with Gasteiger partial charge in [-0.2, -0.15) is 0 Å². The summed E-state index contributed by atoms with van der Waals surface area (Å²) in [6.07, 6.45) is 2.27. The minimum atomic E-state index is -0.637. The van der Waals surface area contributed by atoms with Crippen molar-refractivity contribution in [3.63, 3.8) is 0 Å². The highest BCUT2D eigenvalue weighted by molar-refractivity contribution is 6.31. The van der Waals surface area contributed by atoms with Gasteiger partial charge in [0.25, 0.3) is 0 Å². The normalized spacial score (nSPS) is 13.4. The third-order valence-corrected chi connectivity index (χ3v) is 1.26. The molecule has 5 heteroatoms. The van der Waals surface area contributed by atoms with Gasteiger partial charge in [0.05, 0.1) is 11.1 Å². The minimum Gasteiger partial charge on any atom is -0.399 e. The highest BCUT2D eigenvalue weighted by Gasteiger charge is 2.12. The number of hydrogen-bond acceptors (Lipinski definition) is 3. The monoisotopic (exact) mass is 162 g/mol. The Kier molecular flexibility index (Phi) is 3.49. The van der Waals surface area contributed by atoms with Crippen LogP contribution in [0.25, 0.3) is 0 Å². The number of nitrogens with two attached hydrogens (primary N) is 1. The summed E-state index contributed by atoms with van der Waals surface area (Å²) < 4.78 is 0. The average Bonchev–Trinajstić information content (AvgIpc) is 1.88. The lowest BCUT2D eigenvalue weighted by atomic mass is 10.4. The quantitative estimate of drug-likeness (QED) is 0.377. The first-order chi connectivity index (χ1) is 4.63. The van der Waals surface area contributed by atoms with Gasteiger partial charge in [-0.3, -0.25) is 10.1 Å². The van der Waals surface area contributed by atoms with Crippen molar-refractivity contribution in [1.29, 1.82) is 0 Å². The van der Waals surface area contributed by atoms with Crippen molar-refractivity contribution in [1.82, 2.24) is 0 Å². The highest BCUT2D eigenvalue weighted by Crippen LogP contribution is 2.12. The first-order valence-electron chi connectivity index (χ1n) is 2.52. The molecular formula is C5H7ClN2O2. The lowest BCUT2D eigenvalue weighted by molar-refractivity contribution is -0.420. The van der Waals surface area contributed by atoms with E-state index in [0.29, 0.717) is 0 Å². The molecule has 0 aromatic carbocycles. The van der Waals surface area contributed by atoms with Crippen molar-refractivity contribution >= 4 is 11.6 Å². The maximum atomic E-state index is 10.1. The Bertz CT molecular complexity index is 198. The van der Waals surface area contributed by atoms with Gasteiger partial charge < -0.3 is 5.73 Å². The molecule has 0 saturated carbocycles. The number of halogens is 1.